The first-order valence-electron chi connectivity index (χ1n) is 14.2. The van der Waals surface area contributed by atoms with Crippen molar-refractivity contribution in [2.24, 2.45) is 45.8 Å². The Morgan fingerprint density at radius 2 is 1.97 bits per heavy atom. The average molecular weight is 541 g/mol. The first-order valence-corrected chi connectivity index (χ1v) is 14.2. The van der Waals surface area contributed by atoms with Crippen LogP contribution in [-0.2, 0) is 23.9 Å². The van der Waals surface area contributed by atoms with Crippen LogP contribution in [0.3, 0.4) is 0 Å². The number of amides is 2. The summed E-state index contributed by atoms with van der Waals surface area (Å²) in [5, 5.41) is 2.49. The van der Waals surface area contributed by atoms with E-state index >= 15 is 0 Å². The van der Waals surface area contributed by atoms with E-state index in [0.29, 0.717) is 19.4 Å². The summed E-state index contributed by atoms with van der Waals surface area (Å²) >= 11 is 0. The molecule has 2 unspecified atom stereocenters. The summed E-state index contributed by atoms with van der Waals surface area (Å²) < 4.78 is 11.9. The third-order valence-electron chi connectivity index (χ3n) is 11.6. The van der Waals surface area contributed by atoms with Gasteiger partial charge in [0.1, 0.15) is 12.2 Å². The predicted molar refractivity (Wildman–Crippen MR) is 140 cm³/mol. The number of hydrogen-bond donors (Lipinski definition) is 1. The lowest BCUT2D eigenvalue weighted by atomic mass is 9.44. The summed E-state index contributed by atoms with van der Waals surface area (Å²) in [7, 11) is 0. The standard InChI is InChI=1S/C29H40N4O6/c1-6-27(4)12-21(39-26(37)31-25(36)19-14-33-10-8-18(19)13-33)28(5)16(2)7-9-29(17(3)24(27)38-15-34)11-20(32-30)22(35)23(28)29/h6,15-19,21,23-24H,1,7-14H2,2-5H3,(H,31,36,37)/t16-,17+,18-,19+,21-,23?,24+,27-,28+,29+/m1/s1. The van der Waals surface area contributed by atoms with Gasteiger partial charge in [0.05, 0.1) is 12.3 Å². The molecule has 0 radical (unpaired) electrons. The molecule has 10 heteroatoms. The summed E-state index contributed by atoms with van der Waals surface area (Å²) in [6.45, 7) is 14.9. The monoisotopic (exact) mass is 540 g/mol. The zero-order valence-corrected chi connectivity index (χ0v) is 23.4. The van der Waals surface area contributed by atoms with Crippen molar-refractivity contribution in [2.75, 3.05) is 19.6 Å². The SMILES string of the molecule is C=C[C@]1(C)C[C@@H](OC(=O)NC(=O)[C@H]2CN3CC[C@@H]2C3)[C@@]2(C)C3C(=O)C(=[N+]=[N-])C[C@@]3(CC[C@H]2C)[C@@H](C)[C@@H]1OC=O. The Hall–Kier alpha value is -2.84. The molecular weight excluding hydrogens is 500 g/mol. The first-order chi connectivity index (χ1) is 18.4. The van der Waals surface area contributed by atoms with Gasteiger partial charge in [0.2, 0.25) is 11.7 Å². The molecule has 0 spiro atoms. The Balaban J connectivity index is 1.54. The third kappa shape index (κ3) is 4.01. The zero-order chi connectivity index (χ0) is 28.3. The van der Waals surface area contributed by atoms with Crippen LogP contribution in [0.15, 0.2) is 12.7 Å². The summed E-state index contributed by atoms with van der Waals surface area (Å²) in [6, 6.07) is 0. The number of rotatable bonds is 5. The number of nitrogens with zero attached hydrogens (tertiary/aromatic N) is 3. The quantitative estimate of drug-likeness (QED) is 0.245. The van der Waals surface area contributed by atoms with Gasteiger partial charge in [-0.05, 0) is 49.5 Å². The van der Waals surface area contributed by atoms with Gasteiger partial charge in [0, 0.05) is 35.8 Å². The molecule has 0 aromatic carbocycles. The maximum Gasteiger partial charge on any atom is 0.414 e. The normalized spacial score (nSPS) is 46.4. The van der Waals surface area contributed by atoms with Gasteiger partial charge in [-0.1, -0.05) is 33.8 Å². The van der Waals surface area contributed by atoms with E-state index in [0.717, 1.165) is 25.9 Å². The highest BCUT2D eigenvalue weighted by atomic mass is 16.6. The van der Waals surface area contributed by atoms with E-state index in [2.05, 4.69) is 28.5 Å². The fourth-order valence-electron chi connectivity index (χ4n) is 9.13. The Bertz CT molecular complexity index is 1150. The van der Waals surface area contributed by atoms with Crippen molar-refractivity contribution in [3.05, 3.63) is 18.2 Å². The number of piperidine rings is 1. The van der Waals surface area contributed by atoms with Crippen molar-refractivity contribution in [2.45, 2.75) is 72.0 Å². The summed E-state index contributed by atoms with van der Waals surface area (Å²) in [5.74, 6) is -1.49. The maximum atomic E-state index is 13.9. The number of hydrogen-bond acceptors (Lipinski definition) is 7. The highest BCUT2D eigenvalue weighted by molar-refractivity contribution is 6.41. The number of ketones is 1. The Labute approximate surface area is 229 Å². The molecule has 2 amide bonds. The number of nitrogens with one attached hydrogen (secondary N) is 1. The van der Waals surface area contributed by atoms with E-state index < -0.39 is 40.5 Å². The minimum Gasteiger partial charge on any atom is -0.463 e. The number of ether oxygens (including phenoxy) is 2. The van der Waals surface area contributed by atoms with E-state index in [4.69, 9.17) is 9.47 Å². The van der Waals surface area contributed by atoms with Gasteiger partial charge in [-0.2, -0.15) is 4.79 Å². The number of carbonyl (C=O) groups excluding carboxylic acids is 4. The molecule has 1 N–H and O–H groups in total. The van der Waals surface area contributed by atoms with Gasteiger partial charge in [0.15, 0.2) is 0 Å². The maximum absolute atomic E-state index is 13.9. The van der Waals surface area contributed by atoms with E-state index in [9.17, 15) is 24.7 Å². The van der Waals surface area contributed by atoms with E-state index in [1.165, 1.54) is 0 Å². The fraction of sp³-hybridized carbons (Fsp3) is 0.759. The number of imide groups is 1. The minimum atomic E-state index is -0.832. The number of fused-ring (bicyclic) bond motifs is 2. The third-order valence-corrected chi connectivity index (χ3v) is 11.6. The summed E-state index contributed by atoms with van der Waals surface area (Å²) in [6.07, 6.45) is 2.31. The van der Waals surface area contributed by atoms with Gasteiger partial charge in [-0.15, -0.1) is 6.58 Å². The molecule has 5 fully saturated rings. The predicted octanol–water partition coefficient (Wildman–Crippen LogP) is 3.02. The zero-order valence-electron chi connectivity index (χ0n) is 23.4. The van der Waals surface area contributed by atoms with Crippen molar-refractivity contribution < 1.29 is 33.4 Å². The molecular formula is C29H40N4O6. The van der Waals surface area contributed by atoms with Gasteiger partial charge in [-0.3, -0.25) is 19.7 Å². The Kier molecular flexibility index (Phi) is 6.87. The molecule has 2 saturated heterocycles. The van der Waals surface area contributed by atoms with Crippen molar-refractivity contribution in [1.29, 1.82) is 0 Å². The van der Waals surface area contributed by atoms with Crippen LogP contribution in [0.2, 0.25) is 0 Å². The van der Waals surface area contributed by atoms with Crippen molar-refractivity contribution in [1.82, 2.24) is 10.2 Å². The molecule has 2 aliphatic heterocycles. The van der Waals surface area contributed by atoms with Gasteiger partial charge in [-0.25, -0.2) is 4.79 Å². The van der Waals surface area contributed by atoms with Crippen molar-refractivity contribution in [3.63, 3.8) is 0 Å². The number of carbonyl (C=O) groups is 4. The van der Waals surface area contributed by atoms with Crippen molar-refractivity contribution in [3.8, 4) is 0 Å². The van der Waals surface area contributed by atoms with Crippen LogP contribution in [0.1, 0.15) is 59.8 Å². The minimum absolute atomic E-state index is 0.0192. The highest BCUT2D eigenvalue weighted by Crippen LogP contribution is 2.67. The molecule has 2 heterocycles. The second-order valence-corrected chi connectivity index (χ2v) is 13.2. The van der Waals surface area contributed by atoms with E-state index in [1.807, 2.05) is 20.8 Å². The molecule has 3 aliphatic carbocycles. The van der Waals surface area contributed by atoms with Crippen LogP contribution in [-0.4, -0.2) is 71.5 Å². The van der Waals surface area contributed by atoms with Crippen LogP contribution in [0.4, 0.5) is 4.79 Å². The van der Waals surface area contributed by atoms with Crippen LogP contribution in [0.25, 0.3) is 5.53 Å². The largest absolute Gasteiger partial charge is 0.463 e. The lowest BCUT2D eigenvalue weighted by Crippen LogP contribution is -2.63. The first kappa shape index (κ1) is 27.7. The molecule has 5 aliphatic rings. The molecule has 212 valence electrons. The summed E-state index contributed by atoms with van der Waals surface area (Å²) in [5.41, 5.74) is 7.59. The van der Waals surface area contributed by atoms with Crippen LogP contribution in [0.5, 0.6) is 0 Å². The second kappa shape index (κ2) is 9.66. The lowest BCUT2D eigenvalue weighted by Gasteiger charge is -2.61. The summed E-state index contributed by atoms with van der Waals surface area (Å²) in [4.78, 5) is 57.6. The lowest BCUT2D eigenvalue weighted by molar-refractivity contribution is -0.198. The average Bonchev–Trinajstić information content (AvgIpc) is 3.62. The molecule has 5 rings (SSSR count). The Morgan fingerprint density at radius 3 is 2.56 bits per heavy atom. The molecule has 3 saturated carbocycles. The molecule has 0 aromatic rings. The molecule has 4 bridgehead atoms. The number of Topliss-reactive ketones (excluding diaryl/α,β-unsaturated/α-hetero) is 1. The van der Waals surface area contributed by atoms with Crippen LogP contribution in [0, 0.1) is 45.8 Å². The van der Waals surface area contributed by atoms with Gasteiger partial charge < -0.3 is 19.9 Å². The molecule has 11 atom stereocenters. The Morgan fingerprint density at radius 1 is 1.23 bits per heavy atom. The highest BCUT2D eigenvalue weighted by Gasteiger charge is 2.72. The molecule has 10 nitrogen and oxygen atoms in total. The fourth-order valence-corrected chi connectivity index (χ4v) is 9.13. The second-order valence-electron chi connectivity index (χ2n) is 13.2. The number of alkyl carbamates (subject to hydrolysis) is 1. The molecule has 0 aromatic heterocycles. The van der Waals surface area contributed by atoms with Crippen LogP contribution >= 0.6 is 0 Å². The molecule has 39 heavy (non-hydrogen) atoms. The smallest absolute Gasteiger partial charge is 0.414 e. The van der Waals surface area contributed by atoms with E-state index in [1.54, 1.807) is 6.08 Å². The van der Waals surface area contributed by atoms with Gasteiger partial charge >= 0.3 is 11.8 Å². The van der Waals surface area contributed by atoms with Crippen LogP contribution < -0.4 is 5.32 Å². The van der Waals surface area contributed by atoms with Gasteiger partial charge in [0.25, 0.3) is 6.47 Å². The van der Waals surface area contributed by atoms with Crippen molar-refractivity contribution >= 4 is 30.0 Å². The van der Waals surface area contributed by atoms with E-state index in [-0.39, 0.29) is 53.9 Å². The topological polar surface area (TPSA) is 138 Å².